The molecule has 2 aliphatic heterocycles. The molecule has 134 valence electrons. The van der Waals surface area contributed by atoms with Gasteiger partial charge in [-0.1, -0.05) is 23.2 Å². The average molecular weight is 386 g/mol. The van der Waals surface area contributed by atoms with E-state index in [4.69, 9.17) is 27.9 Å². The summed E-state index contributed by atoms with van der Waals surface area (Å²) < 4.78 is 5.09. The molecule has 0 saturated carbocycles. The quantitative estimate of drug-likeness (QED) is 0.628. The second-order valence-electron chi connectivity index (χ2n) is 6.30. The molecule has 0 spiro atoms. The number of ether oxygens (including phenoxy) is 1. The number of hydrogen-bond acceptors (Lipinski definition) is 4. The Morgan fingerprint density at radius 2 is 1.84 bits per heavy atom. The van der Waals surface area contributed by atoms with E-state index in [1.165, 1.54) is 17.0 Å². The second kappa shape index (κ2) is 7.32. The molecule has 0 aromatic heterocycles. The lowest BCUT2D eigenvalue weighted by Crippen LogP contribution is -3.15. The first-order valence-electron chi connectivity index (χ1n) is 8.27. The highest BCUT2D eigenvalue weighted by molar-refractivity contribution is 6.43. The van der Waals surface area contributed by atoms with Crippen LogP contribution in [-0.2, 0) is 9.53 Å². The van der Waals surface area contributed by atoms with Crippen molar-refractivity contribution in [1.82, 2.24) is 4.90 Å². The van der Waals surface area contributed by atoms with Crippen LogP contribution in [0.5, 0.6) is 0 Å². The monoisotopic (exact) mass is 385 g/mol. The molecule has 8 heteroatoms. The molecular weight excluding hydrogens is 367 g/mol. The van der Waals surface area contributed by atoms with Gasteiger partial charge in [0.15, 0.2) is 6.67 Å². The minimum atomic E-state index is -0.371. The first-order chi connectivity index (χ1) is 11.9. The highest BCUT2D eigenvalue weighted by Gasteiger charge is 2.40. The van der Waals surface area contributed by atoms with Crippen LogP contribution in [0.25, 0.3) is 0 Å². The van der Waals surface area contributed by atoms with Gasteiger partial charge in [-0.25, -0.2) is 4.90 Å². The molecule has 25 heavy (non-hydrogen) atoms. The predicted octanol–water partition coefficient (Wildman–Crippen LogP) is 1.40. The van der Waals surface area contributed by atoms with E-state index in [9.17, 15) is 14.4 Å². The largest absolute Gasteiger partial charge is 0.466 e. The summed E-state index contributed by atoms with van der Waals surface area (Å²) >= 11 is 11.9. The number of quaternary nitrogens is 1. The zero-order valence-electron chi connectivity index (χ0n) is 13.8. The summed E-state index contributed by atoms with van der Waals surface area (Å²) in [4.78, 5) is 39.3. The van der Waals surface area contributed by atoms with Crippen molar-refractivity contribution in [2.75, 3.05) is 26.4 Å². The van der Waals surface area contributed by atoms with Crippen LogP contribution in [0.3, 0.4) is 0 Å². The molecule has 0 radical (unpaired) electrons. The molecule has 1 N–H and O–H groups in total. The number of carbonyl (C=O) groups excluding carboxylic acids is 3. The normalized spacial score (nSPS) is 22.9. The third kappa shape index (κ3) is 3.52. The molecule has 0 aliphatic carbocycles. The van der Waals surface area contributed by atoms with Crippen molar-refractivity contribution in [3.8, 4) is 0 Å². The Hall–Kier alpha value is -1.63. The molecule has 1 fully saturated rings. The van der Waals surface area contributed by atoms with Gasteiger partial charge in [0.1, 0.15) is 5.92 Å². The van der Waals surface area contributed by atoms with Gasteiger partial charge in [0.25, 0.3) is 11.8 Å². The van der Waals surface area contributed by atoms with E-state index in [2.05, 4.69) is 0 Å². The lowest BCUT2D eigenvalue weighted by atomic mass is 9.98. The standard InChI is InChI=1S/C17H18Cl2N2O4/c1-2-25-17(24)10-4-3-5-20(8-10)9-21-15(22)11-6-13(18)14(19)7-12(11)16(21)23/h6-7,10H,2-5,8-9H2,1H3/p+1/t10-/m0/s1. The lowest BCUT2D eigenvalue weighted by molar-refractivity contribution is -0.914. The predicted molar refractivity (Wildman–Crippen MR) is 91.9 cm³/mol. The number of esters is 1. The number of piperidine rings is 1. The van der Waals surface area contributed by atoms with Crippen molar-refractivity contribution < 1.29 is 24.0 Å². The summed E-state index contributed by atoms with van der Waals surface area (Å²) in [5.41, 5.74) is 0.551. The Morgan fingerprint density at radius 3 is 2.40 bits per heavy atom. The minimum absolute atomic E-state index is 0.192. The maximum absolute atomic E-state index is 12.6. The van der Waals surface area contributed by atoms with Crippen molar-refractivity contribution in [2.24, 2.45) is 5.92 Å². The zero-order valence-corrected chi connectivity index (χ0v) is 15.3. The van der Waals surface area contributed by atoms with Gasteiger partial charge in [0.2, 0.25) is 0 Å². The van der Waals surface area contributed by atoms with E-state index in [1.54, 1.807) is 6.92 Å². The number of benzene rings is 1. The fourth-order valence-electron chi connectivity index (χ4n) is 3.41. The van der Waals surface area contributed by atoms with Gasteiger partial charge in [-0.05, 0) is 31.9 Å². The number of rotatable bonds is 4. The first-order valence-corrected chi connectivity index (χ1v) is 9.03. The Kier molecular flexibility index (Phi) is 5.32. The topological polar surface area (TPSA) is 68.1 Å². The third-order valence-electron chi connectivity index (χ3n) is 4.63. The number of likely N-dealkylation sites (tertiary alicyclic amines) is 1. The van der Waals surface area contributed by atoms with E-state index in [0.29, 0.717) is 13.2 Å². The molecule has 3 rings (SSSR count). The third-order valence-corrected chi connectivity index (χ3v) is 5.35. The molecule has 1 aromatic carbocycles. The number of halogens is 2. The van der Waals surface area contributed by atoms with Crippen molar-refractivity contribution >= 4 is 41.0 Å². The van der Waals surface area contributed by atoms with E-state index < -0.39 is 0 Å². The molecule has 2 amide bonds. The van der Waals surface area contributed by atoms with E-state index in [1.807, 2.05) is 0 Å². The molecule has 2 atom stereocenters. The van der Waals surface area contributed by atoms with Gasteiger partial charge in [-0.2, -0.15) is 0 Å². The number of imide groups is 1. The summed E-state index contributed by atoms with van der Waals surface area (Å²) in [5, 5.41) is 0.493. The molecule has 1 unspecified atom stereocenters. The highest BCUT2D eigenvalue weighted by atomic mass is 35.5. The van der Waals surface area contributed by atoms with E-state index in [-0.39, 0.29) is 51.5 Å². The fourth-order valence-corrected chi connectivity index (χ4v) is 3.73. The van der Waals surface area contributed by atoms with Crippen LogP contribution >= 0.6 is 23.2 Å². The second-order valence-corrected chi connectivity index (χ2v) is 7.12. The Labute approximate surface area is 155 Å². The van der Waals surface area contributed by atoms with Crippen molar-refractivity contribution in [3.63, 3.8) is 0 Å². The van der Waals surface area contributed by atoms with Gasteiger partial charge in [-0.3, -0.25) is 14.4 Å². The number of nitrogens with zero attached hydrogens (tertiary/aromatic N) is 1. The van der Waals surface area contributed by atoms with E-state index in [0.717, 1.165) is 24.3 Å². The number of nitrogens with one attached hydrogen (secondary N) is 1. The van der Waals surface area contributed by atoms with Crippen LogP contribution < -0.4 is 4.90 Å². The van der Waals surface area contributed by atoms with Gasteiger partial charge < -0.3 is 9.64 Å². The molecule has 1 saturated heterocycles. The summed E-state index contributed by atoms with van der Waals surface area (Å²) in [6, 6.07) is 2.87. The Bertz CT molecular complexity index is 697. The maximum atomic E-state index is 12.6. The SMILES string of the molecule is CCOC(=O)[C@H]1CCC[NH+](CN2C(=O)c3cc(Cl)c(Cl)cc3C2=O)C1. The van der Waals surface area contributed by atoms with Crippen LogP contribution in [0.2, 0.25) is 10.0 Å². The number of fused-ring (bicyclic) bond motifs is 1. The molecule has 0 bridgehead atoms. The molecule has 2 heterocycles. The van der Waals surface area contributed by atoms with Crippen LogP contribution in [0.4, 0.5) is 0 Å². The molecular formula is C17H19Cl2N2O4+. The Balaban J connectivity index is 1.72. The molecule has 2 aliphatic rings. The van der Waals surface area contributed by atoms with Crippen LogP contribution in [0.1, 0.15) is 40.5 Å². The van der Waals surface area contributed by atoms with Gasteiger partial charge >= 0.3 is 5.97 Å². The lowest BCUT2D eigenvalue weighted by Gasteiger charge is -2.30. The van der Waals surface area contributed by atoms with Crippen LogP contribution in [0, 0.1) is 5.92 Å². The maximum Gasteiger partial charge on any atom is 0.314 e. The number of amides is 2. The van der Waals surface area contributed by atoms with Crippen molar-refractivity contribution in [3.05, 3.63) is 33.3 Å². The van der Waals surface area contributed by atoms with Crippen LogP contribution in [-0.4, -0.2) is 49.0 Å². The molecule has 6 nitrogen and oxygen atoms in total. The van der Waals surface area contributed by atoms with Crippen molar-refractivity contribution in [1.29, 1.82) is 0 Å². The zero-order chi connectivity index (χ0) is 18.1. The number of hydrogen-bond donors (Lipinski definition) is 1. The van der Waals surface area contributed by atoms with Gasteiger partial charge in [0, 0.05) is 0 Å². The smallest absolute Gasteiger partial charge is 0.314 e. The first kappa shape index (κ1) is 18.2. The Morgan fingerprint density at radius 1 is 1.24 bits per heavy atom. The van der Waals surface area contributed by atoms with E-state index >= 15 is 0 Å². The van der Waals surface area contributed by atoms with Crippen LogP contribution in [0.15, 0.2) is 12.1 Å². The van der Waals surface area contributed by atoms with Gasteiger partial charge in [-0.15, -0.1) is 0 Å². The van der Waals surface area contributed by atoms with Crippen molar-refractivity contribution in [2.45, 2.75) is 19.8 Å². The van der Waals surface area contributed by atoms with Gasteiger partial charge in [0.05, 0.1) is 40.9 Å². The highest BCUT2D eigenvalue weighted by Crippen LogP contribution is 2.31. The fraction of sp³-hybridized carbons (Fsp3) is 0.471. The minimum Gasteiger partial charge on any atom is -0.466 e. The summed E-state index contributed by atoms with van der Waals surface area (Å²) in [5.74, 6) is -1.14. The average Bonchev–Trinajstić information content (AvgIpc) is 2.81. The summed E-state index contributed by atoms with van der Waals surface area (Å²) in [6.07, 6.45) is 1.62. The summed E-state index contributed by atoms with van der Waals surface area (Å²) in [6.45, 7) is 3.70. The molecule has 1 aromatic rings. The number of carbonyl (C=O) groups is 3. The summed E-state index contributed by atoms with van der Waals surface area (Å²) in [7, 11) is 0.